The van der Waals surface area contributed by atoms with Crippen molar-refractivity contribution < 1.29 is 0 Å². The number of halogens is 1. The first-order chi connectivity index (χ1) is 11.2. The lowest BCUT2D eigenvalue weighted by Gasteiger charge is -2.18. The quantitative estimate of drug-likeness (QED) is 0.685. The topological polar surface area (TPSA) is 80.6 Å². The molecule has 6 nitrogen and oxygen atoms in total. The highest BCUT2D eigenvalue weighted by atomic mass is 35.5. The normalized spacial score (nSPS) is 15.7. The molecule has 7 heteroatoms. The van der Waals surface area contributed by atoms with Gasteiger partial charge in [-0.05, 0) is 24.6 Å². The number of H-pyrrole nitrogens is 3. The van der Waals surface area contributed by atoms with Gasteiger partial charge in [0.25, 0.3) is 5.56 Å². The molecule has 1 aliphatic heterocycles. The Balaban J connectivity index is 1.41. The van der Waals surface area contributed by atoms with Gasteiger partial charge in [0, 0.05) is 48.8 Å². The van der Waals surface area contributed by atoms with Gasteiger partial charge in [-0.3, -0.25) is 9.89 Å². The molecule has 3 N–H and O–H groups in total. The molecule has 1 aliphatic rings. The number of nitrogens with one attached hydrogen (secondary N) is 3. The van der Waals surface area contributed by atoms with E-state index in [4.69, 9.17) is 11.6 Å². The first-order valence-electron chi connectivity index (χ1n) is 7.84. The average molecular weight is 332 g/mol. The van der Waals surface area contributed by atoms with Gasteiger partial charge >= 0.3 is 0 Å². The van der Waals surface area contributed by atoms with Gasteiger partial charge in [0.15, 0.2) is 0 Å². The monoisotopic (exact) mass is 331 g/mol. The summed E-state index contributed by atoms with van der Waals surface area (Å²) < 4.78 is 0. The van der Waals surface area contributed by atoms with E-state index in [-0.39, 0.29) is 5.56 Å². The SMILES string of the molecule is O=c1[nH][nH]c2c1CCN(CCc1nc3ccc(Cl)cc3[nH]1)CC2. The molecule has 4 rings (SSSR count). The van der Waals surface area contributed by atoms with Gasteiger partial charge in [-0.15, -0.1) is 0 Å². The van der Waals surface area contributed by atoms with E-state index in [1.165, 1.54) is 0 Å². The van der Waals surface area contributed by atoms with E-state index in [2.05, 4.69) is 25.1 Å². The fourth-order valence-electron chi connectivity index (χ4n) is 3.19. The summed E-state index contributed by atoms with van der Waals surface area (Å²) >= 11 is 6.00. The Morgan fingerprint density at radius 2 is 2.09 bits per heavy atom. The zero-order chi connectivity index (χ0) is 15.8. The first-order valence-corrected chi connectivity index (χ1v) is 8.22. The second kappa shape index (κ2) is 5.86. The van der Waals surface area contributed by atoms with Crippen molar-refractivity contribution in [2.75, 3.05) is 19.6 Å². The Bertz CT molecular complexity index is 893. The van der Waals surface area contributed by atoms with Crippen LogP contribution < -0.4 is 5.56 Å². The van der Waals surface area contributed by atoms with Crippen molar-refractivity contribution in [2.24, 2.45) is 0 Å². The third kappa shape index (κ3) is 2.92. The molecule has 0 spiro atoms. The van der Waals surface area contributed by atoms with Gasteiger partial charge in [0.05, 0.1) is 11.0 Å². The average Bonchev–Trinajstić information content (AvgIpc) is 3.02. The van der Waals surface area contributed by atoms with E-state index in [0.29, 0.717) is 5.02 Å². The highest BCUT2D eigenvalue weighted by molar-refractivity contribution is 6.31. The van der Waals surface area contributed by atoms with Crippen molar-refractivity contribution in [3.05, 3.63) is 50.7 Å². The molecule has 23 heavy (non-hydrogen) atoms. The summed E-state index contributed by atoms with van der Waals surface area (Å²) in [6.07, 6.45) is 2.53. The molecule has 0 amide bonds. The molecule has 0 atom stereocenters. The summed E-state index contributed by atoms with van der Waals surface area (Å²) in [6.45, 7) is 2.78. The lowest BCUT2D eigenvalue weighted by Crippen LogP contribution is -2.29. The largest absolute Gasteiger partial charge is 0.342 e. The van der Waals surface area contributed by atoms with E-state index < -0.39 is 0 Å². The highest BCUT2D eigenvalue weighted by Gasteiger charge is 2.17. The van der Waals surface area contributed by atoms with Gasteiger partial charge in [-0.1, -0.05) is 11.6 Å². The van der Waals surface area contributed by atoms with Crippen LogP contribution in [0.15, 0.2) is 23.0 Å². The van der Waals surface area contributed by atoms with Crippen LogP contribution in [-0.2, 0) is 19.3 Å². The molecule has 3 heterocycles. The third-order valence-corrected chi connectivity index (χ3v) is 4.71. The highest BCUT2D eigenvalue weighted by Crippen LogP contribution is 2.17. The van der Waals surface area contributed by atoms with Crippen LogP contribution in [-0.4, -0.2) is 44.7 Å². The maximum Gasteiger partial charge on any atom is 0.267 e. The number of hydrogen-bond donors (Lipinski definition) is 3. The molecule has 1 aromatic carbocycles. The van der Waals surface area contributed by atoms with Crippen molar-refractivity contribution in [2.45, 2.75) is 19.3 Å². The Labute approximate surface area is 137 Å². The smallest absolute Gasteiger partial charge is 0.267 e. The summed E-state index contributed by atoms with van der Waals surface area (Å²) in [5.74, 6) is 0.975. The minimum absolute atomic E-state index is 0.0241. The van der Waals surface area contributed by atoms with E-state index in [1.807, 2.05) is 18.2 Å². The van der Waals surface area contributed by atoms with Crippen molar-refractivity contribution in [3.8, 4) is 0 Å². The summed E-state index contributed by atoms with van der Waals surface area (Å²) in [5.41, 5.74) is 3.91. The molecule has 0 aliphatic carbocycles. The number of fused-ring (bicyclic) bond motifs is 2. The zero-order valence-electron chi connectivity index (χ0n) is 12.7. The van der Waals surface area contributed by atoms with Gasteiger partial charge in [0.1, 0.15) is 5.82 Å². The maximum atomic E-state index is 11.7. The van der Waals surface area contributed by atoms with Crippen LogP contribution in [0.3, 0.4) is 0 Å². The summed E-state index contributed by atoms with van der Waals surface area (Å²) in [4.78, 5) is 22.0. The number of aromatic nitrogens is 4. The maximum absolute atomic E-state index is 11.7. The van der Waals surface area contributed by atoms with Gasteiger partial charge in [0.2, 0.25) is 0 Å². The fraction of sp³-hybridized carbons (Fsp3) is 0.375. The van der Waals surface area contributed by atoms with Gasteiger partial charge in [-0.25, -0.2) is 4.98 Å². The molecule has 0 unspecified atom stereocenters. The minimum Gasteiger partial charge on any atom is -0.342 e. The van der Waals surface area contributed by atoms with Crippen molar-refractivity contribution in [1.29, 1.82) is 0 Å². The Kier molecular flexibility index (Phi) is 3.71. The Morgan fingerprint density at radius 3 is 3.00 bits per heavy atom. The molecule has 120 valence electrons. The van der Waals surface area contributed by atoms with E-state index in [1.54, 1.807) is 0 Å². The van der Waals surface area contributed by atoms with Gasteiger partial charge in [-0.2, -0.15) is 0 Å². The molecule has 2 aromatic heterocycles. The van der Waals surface area contributed by atoms with Crippen LogP contribution in [0.1, 0.15) is 17.1 Å². The van der Waals surface area contributed by atoms with Crippen molar-refractivity contribution in [1.82, 2.24) is 25.1 Å². The Morgan fingerprint density at radius 1 is 1.22 bits per heavy atom. The second-order valence-corrected chi connectivity index (χ2v) is 6.41. The molecular formula is C16H18ClN5O. The Hall–Kier alpha value is -2.05. The molecule has 0 bridgehead atoms. The molecule has 0 radical (unpaired) electrons. The number of nitrogens with zero attached hydrogens (tertiary/aromatic N) is 2. The lowest BCUT2D eigenvalue weighted by molar-refractivity contribution is 0.288. The number of aromatic amines is 3. The third-order valence-electron chi connectivity index (χ3n) is 4.48. The minimum atomic E-state index is 0.0241. The van der Waals surface area contributed by atoms with E-state index >= 15 is 0 Å². The van der Waals surface area contributed by atoms with Crippen LogP contribution in [0, 0.1) is 0 Å². The molecule has 0 saturated heterocycles. The molecule has 0 fully saturated rings. The standard InChI is InChI=1S/C16H18ClN5O/c17-10-1-2-13-14(9-10)19-15(18-13)5-8-22-6-3-11-12(4-7-22)20-21-16(11)23/h1-2,9H,3-8H2,(H,18,19)(H2,20,21,23). The predicted molar refractivity (Wildman–Crippen MR) is 90.1 cm³/mol. The van der Waals surface area contributed by atoms with Crippen LogP contribution in [0.25, 0.3) is 11.0 Å². The summed E-state index contributed by atoms with van der Waals surface area (Å²) in [7, 11) is 0. The molecule has 0 saturated carbocycles. The number of benzene rings is 1. The van der Waals surface area contributed by atoms with Crippen molar-refractivity contribution >= 4 is 22.6 Å². The number of rotatable bonds is 3. The first kappa shape index (κ1) is 14.5. The van der Waals surface area contributed by atoms with Crippen LogP contribution in [0.2, 0.25) is 5.02 Å². The molecule has 3 aromatic rings. The number of imidazole rings is 1. The molecular weight excluding hydrogens is 314 g/mol. The van der Waals surface area contributed by atoms with Crippen molar-refractivity contribution in [3.63, 3.8) is 0 Å². The second-order valence-electron chi connectivity index (χ2n) is 5.97. The summed E-state index contributed by atoms with van der Waals surface area (Å²) in [5, 5.41) is 6.38. The fourth-order valence-corrected chi connectivity index (χ4v) is 3.36. The zero-order valence-corrected chi connectivity index (χ0v) is 13.4. The predicted octanol–water partition coefficient (Wildman–Crippen LogP) is 1.88. The van der Waals surface area contributed by atoms with Crippen LogP contribution >= 0.6 is 11.6 Å². The van der Waals surface area contributed by atoms with Crippen LogP contribution in [0.4, 0.5) is 0 Å². The van der Waals surface area contributed by atoms with Gasteiger partial charge < -0.3 is 15.0 Å². The lowest BCUT2D eigenvalue weighted by atomic mass is 10.2. The van der Waals surface area contributed by atoms with E-state index in [0.717, 1.165) is 67.0 Å². The van der Waals surface area contributed by atoms with Crippen LogP contribution in [0.5, 0.6) is 0 Å². The summed E-state index contributed by atoms with van der Waals surface area (Å²) in [6, 6.07) is 5.69. The number of hydrogen-bond acceptors (Lipinski definition) is 3. The van der Waals surface area contributed by atoms with E-state index in [9.17, 15) is 4.79 Å².